The number of hydrogen-bond donors (Lipinski definition) is 0. The third-order valence-electron chi connectivity index (χ3n) is 2.67. The Labute approximate surface area is 114 Å². The van der Waals surface area contributed by atoms with E-state index in [1.807, 2.05) is 0 Å². The molecule has 0 N–H and O–H groups in total. The molecule has 0 aromatic heterocycles. The Morgan fingerprint density at radius 1 is 1.55 bits per heavy atom. The number of fused-ring (bicyclic) bond motifs is 1. The molecular formula is C15H11FO4. The Hall–Kier alpha value is -2.65. The monoisotopic (exact) mass is 274 g/mol. The minimum absolute atomic E-state index is 0.0249. The molecule has 0 unspecified atom stereocenters. The number of halogens is 1. The lowest BCUT2D eigenvalue weighted by molar-refractivity contribution is -0.141. The molecule has 5 heteroatoms. The fraction of sp³-hybridized carbons (Fsp3) is 0.133. The minimum atomic E-state index is -0.703. The number of carbonyl (C=O) groups is 1. The van der Waals surface area contributed by atoms with Gasteiger partial charge in [0.05, 0.1) is 12.2 Å². The summed E-state index contributed by atoms with van der Waals surface area (Å²) in [5.41, 5.74) is 0.586. The third-order valence-corrected chi connectivity index (χ3v) is 2.67. The van der Waals surface area contributed by atoms with Gasteiger partial charge in [-0.15, -0.1) is 0 Å². The molecule has 0 atom stereocenters. The SMILES string of the molecule is C=Cc1cc(F)cc2c1OC(C(=O)OCC)=CC2=C=O. The van der Waals surface area contributed by atoms with E-state index in [2.05, 4.69) is 6.58 Å². The summed E-state index contributed by atoms with van der Waals surface area (Å²) in [6.07, 6.45) is 2.55. The van der Waals surface area contributed by atoms with Gasteiger partial charge in [-0.2, -0.15) is 0 Å². The molecule has 20 heavy (non-hydrogen) atoms. The van der Waals surface area contributed by atoms with E-state index in [0.717, 1.165) is 6.07 Å². The van der Waals surface area contributed by atoms with Gasteiger partial charge >= 0.3 is 5.97 Å². The van der Waals surface area contributed by atoms with Gasteiger partial charge in [0.2, 0.25) is 5.76 Å². The highest BCUT2D eigenvalue weighted by atomic mass is 19.1. The predicted octanol–water partition coefficient (Wildman–Crippen LogP) is 2.52. The highest BCUT2D eigenvalue weighted by Gasteiger charge is 2.25. The van der Waals surface area contributed by atoms with Gasteiger partial charge in [0, 0.05) is 17.2 Å². The molecule has 1 heterocycles. The number of esters is 1. The van der Waals surface area contributed by atoms with Crippen LogP contribution in [0.4, 0.5) is 4.39 Å². The van der Waals surface area contributed by atoms with E-state index < -0.39 is 11.8 Å². The quantitative estimate of drug-likeness (QED) is 0.627. The largest absolute Gasteiger partial charge is 0.460 e. The molecule has 0 spiro atoms. The zero-order valence-electron chi connectivity index (χ0n) is 10.7. The Balaban J connectivity index is 2.57. The molecule has 1 aromatic rings. The van der Waals surface area contributed by atoms with Crippen LogP contribution in [0.5, 0.6) is 5.75 Å². The molecule has 0 radical (unpaired) electrons. The zero-order valence-corrected chi connectivity index (χ0v) is 10.7. The summed E-state index contributed by atoms with van der Waals surface area (Å²) in [5, 5.41) is 0. The number of rotatable bonds is 3. The molecular weight excluding hydrogens is 263 g/mol. The van der Waals surface area contributed by atoms with Gasteiger partial charge < -0.3 is 9.47 Å². The molecule has 0 fully saturated rings. The first-order valence-electron chi connectivity index (χ1n) is 5.88. The fourth-order valence-corrected chi connectivity index (χ4v) is 1.82. The first kappa shape index (κ1) is 13.8. The summed E-state index contributed by atoms with van der Waals surface area (Å²) in [7, 11) is 0. The van der Waals surface area contributed by atoms with Gasteiger partial charge in [0.15, 0.2) is 0 Å². The van der Waals surface area contributed by atoms with Gasteiger partial charge in [-0.25, -0.2) is 14.0 Å². The average Bonchev–Trinajstić information content (AvgIpc) is 2.45. The number of allylic oxidation sites excluding steroid dienone is 2. The third kappa shape index (κ3) is 2.39. The Morgan fingerprint density at radius 3 is 2.90 bits per heavy atom. The summed E-state index contributed by atoms with van der Waals surface area (Å²) in [6, 6.07) is 2.34. The van der Waals surface area contributed by atoms with E-state index in [1.54, 1.807) is 12.9 Å². The number of hydrogen-bond acceptors (Lipinski definition) is 4. The van der Waals surface area contributed by atoms with Gasteiger partial charge in [-0.3, -0.25) is 0 Å². The maximum absolute atomic E-state index is 13.5. The number of ether oxygens (including phenoxy) is 2. The standard InChI is InChI=1S/C15H11FO4/c1-3-9-5-11(16)7-12-10(8-17)6-13(20-14(9)12)15(18)19-4-2/h3,5-7H,1,4H2,2H3. The molecule has 102 valence electrons. The summed E-state index contributed by atoms with van der Waals surface area (Å²) >= 11 is 0. The van der Waals surface area contributed by atoms with Crippen LogP contribution in [0.3, 0.4) is 0 Å². The van der Waals surface area contributed by atoms with Crippen molar-refractivity contribution in [1.82, 2.24) is 0 Å². The molecule has 2 rings (SSSR count). The second-order valence-corrected chi connectivity index (χ2v) is 3.92. The Morgan fingerprint density at radius 2 is 2.30 bits per heavy atom. The average molecular weight is 274 g/mol. The van der Waals surface area contributed by atoms with Crippen molar-refractivity contribution in [2.24, 2.45) is 0 Å². The smallest absolute Gasteiger partial charge is 0.374 e. The van der Waals surface area contributed by atoms with Crippen LogP contribution in [-0.4, -0.2) is 18.5 Å². The van der Waals surface area contributed by atoms with E-state index in [0.29, 0.717) is 5.56 Å². The first-order valence-corrected chi connectivity index (χ1v) is 5.88. The molecule has 0 saturated heterocycles. The van der Waals surface area contributed by atoms with E-state index in [1.165, 1.54) is 18.2 Å². The topological polar surface area (TPSA) is 52.6 Å². The van der Waals surface area contributed by atoms with Gasteiger partial charge in [-0.1, -0.05) is 12.7 Å². The lowest BCUT2D eigenvalue weighted by Gasteiger charge is -2.19. The zero-order chi connectivity index (χ0) is 14.7. The molecule has 0 amide bonds. The van der Waals surface area contributed by atoms with Crippen LogP contribution in [-0.2, 0) is 14.3 Å². The second kappa shape index (κ2) is 5.55. The Kier molecular flexibility index (Phi) is 3.82. The Bertz CT molecular complexity index is 667. The maximum atomic E-state index is 13.5. The van der Waals surface area contributed by atoms with Crippen LogP contribution in [0.15, 0.2) is 30.5 Å². The highest BCUT2D eigenvalue weighted by Crippen LogP contribution is 2.37. The van der Waals surface area contributed by atoms with Crippen molar-refractivity contribution in [2.75, 3.05) is 6.61 Å². The van der Waals surface area contributed by atoms with Gasteiger partial charge in [-0.05, 0) is 19.1 Å². The predicted molar refractivity (Wildman–Crippen MR) is 70.9 cm³/mol. The van der Waals surface area contributed by atoms with Crippen molar-refractivity contribution in [2.45, 2.75) is 6.92 Å². The first-order chi connectivity index (χ1) is 9.60. The second-order valence-electron chi connectivity index (χ2n) is 3.92. The molecule has 1 aliphatic heterocycles. The van der Waals surface area contributed by atoms with E-state index in [9.17, 15) is 14.0 Å². The lowest BCUT2D eigenvalue weighted by Crippen LogP contribution is -2.17. The van der Waals surface area contributed by atoms with Crippen molar-refractivity contribution >= 4 is 23.6 Å². The molecule has 0 bridgehead atoms. The van der Waals surface area contributed by atoms with Crippen LogP contribution in [0.25, 0.3) is 11.6 Å². The summed E-state index contributed by atoms with van der Waals surface area (Å²) in [5.74, 6) is 0.464. The molecule has 0 saturated carbocycles. The maximum Gasteiger partial charge on any atom is 0.374 e. The number of carbonyl (C=O) groups excluding carboxylic acids is 2. The molecule has 1 aliphatic rings. The van der Waals surface area contributed by atoms with Crippen molar-refractivity contribution < 1.29 is 23.5 Å². The fourth-order valence-electron chi connectivity index (χ4n) is 1.82. The van der Waals surface area contributed by atoms with Crippen molar-refractivity contribution in [1.29, 1.82) is 0 Å². The van der Waals surface area contributed by atoms with Crippen LogP contribution in [0.1, 0.15) is 18.1 Å². The minimum Gasteiger partial charge on any atom is -0.460 e. The normalized spacial score (nSPS) is 12.7. The highest BCUT2D eigenvalue weighted by molar-refractivity contribution is 6.02. The lowest BCUT2D eigenvalue weighted by atomic mass is 9.99. The van der Waals surface area contributed by atoms with E-state index >= 15 is 0 Å². The van der Waals surface area contributed by atoms with Crippen molar-refractivity contribution in [3.8, 4) is 5.75 Å². The summed E-state index contributed by atoms with van der Waals surface area (Å²) < 4.78 is 23.7. The van der Waals surface area contributed by atoms with Crippen LogP contribution >= 0.6 is 0 Å². The van der Waals surface area contributed by atoms with Gasteiger partial charge in [0.25, 0.3) is 0 Å². The summed E-state index contributed by atoms with van der Waals surface area (Å²) in [4.78, 5) is 22.7. The van der Waals surface area contributed by atoms with Crippen molar-refractivity contribution in [3.63, 3.8) is 0 Å². The number of benzene rings is 1. The molecule has 4 nitrogen and oxygen atoms in total. The summed E-state index contributed by atoms with van der Waals surface area (Å²) in [6.45, 7) is 5.37. The molecule has 0 aliphatic carbocycles. The van der Waals surface area contributed by atoms with Crippen molar-refractivity contribution in [3.05, 3.63) is 47.5 Å². The van der Waals surface area contributed by atoms with Crippen LogP contribution < -0.4 is 4.74 Å². The van der Waals surface area contributed by atoms with E-state index in [4.69, 9.17) is 9.47 Å². The van der Waals surface area contributed by atoms with E-state index in [-0.39, 0.29) is 29.3 Å². The molecule has 1 aromatic carbocycles. The van der Waals surface area contributed by atoms with Gasteiger partial charge in [0.1, 0.15) is 17.5 Å². The van der Waals surface area contributed by atoms with Crippen LogP contribution in [0, 0.1) is 5.82 Å². The van der Waals surface area contributed by atoms with Crippen LogP contribution in [0.2, 0.25) is 0 Å².